The highest BCUT2D eigenvalue weighted by atomic mass is 16.5. The van der Waals surface area contributed by atoms with Gasteiger partial charge >= 0.3 is 6.03 Å². The SMILES string of the molecule is COC1(CN2C(=O)CNC2=O)CCOC1. The van der Waals surface area contributed by atoms with Gasteiger partial charge in [0.2, 0.25) is 5.91 Å². The van der Waals surface area contributed by atoms with E-state index in [0.717, 1.165) is 0 Å². The third kappa shape index (κ3) is 1.82. The van der Waals surface area contributed by atoms with Crippen LogP contribution in [0.1, 0.15) is 6.42 Å². The molecule has 3 amide bonds. The van der Waals surface area contributed by atoms with Crippen molar-refractivity contribution in [1.82, 2.24) is 10.2 Å². The predicted molar refractivity (Wildman–Crippen MR) is 50.3 cm³/mol. The molecule has 2 heterocycles. The third-order valence-electron chi connectivity index (χ3n) is 2.88. The predicted octanol–water partition coefficient (Wildman–Crippen LogP) is -0.656. The molecule has 0 bridgehead atoms. The highest BCUT2D eigenvalue weighted by Gasteiger charge is 2.41. The van der Waals surface area contributed by atoms with Gasteiger partial charge in [-0.15, -0.1) is 0 Å². The Morgan fingerprint density at radius 3 is 2.87 bits per heavy atom. The molecule has 6 nitrogen and oxygen atoms in total. The number of rotatable bonds is 3. The van der Waals surface area contributed by atoms with Crippen molar-refractivity contribution in [2.45, 2.75) is 12.0 Å². The zero-order valence-electron chi connectivity index (χ0n) is 8.62. The van der Waals surface area contributed by atoms with Crippen LogP contribution in [-0.2, 0) is 14.3 Å². The van der Waals surface area contributed by atoms with E-state index < -0.39 is 5.60 Å². The number of urea groups is 1. The molecular weight excluding hydrogens is 200 g/mol. The molecule has 2 saturated heterocycles. The topological polar surface area (TPSA) is 67.9 Å². The molecule has 2 fully saturated rings. The van der Waals surface area contributed by atoms with Gasteiger partial charge in [-0.2, -0.15) is 0 Å². The van der Waals surface area contributed by atoms with Crippen LogP contribution in [0.15, 0.2) is 0 Å². The maximum Gasteiger partial charge on any atom is 0.324 e. The van der Waals surface area contributed by atoms with Crippen molar-refractivity contribution in [3.8, 4) is 0 Å². The Balaban J connectivity index is 2.06. The van der Waals surface area contributed by atoms with Crippen LogP contribution in [0.3, 0.4) is 0 Å². The lowest BCUT2D eigenvalue weighted by atomic mass is 10.0. The van der Waals surface area contributed by atoms with Crippen molar-refractivity contribution in [2.24, 2.45) is 0 Å². The standard InChI is InChI=1S/C9H14N2O4/c1-14-9(2-3-15-6-9)5-11-7(12)4-10-8(11)13/h2-6H2,1H3,(H,10,13). The van der Waals surface area contributed by atoms with E-state index in [9.17, 15) is 9.59 Å². The molecule has 1 N–H and O–H groups in total. The van der Waals surface area contributed by atoms with Gasteiger partial charge < -0.3 is 14.8 Å². The van der Waals surface area contributed by atoms with Gasteiger partial charge in [-0.1, -0.05) is 0 Å². The number of carbonyl (C=O) groups excluding carboxylic acids is 2. The summed E-state index contributed by atoms with van der Waals surface area (Å²) in [5.74, 6) is -0.205. The Morgan fingerprint density at radius 1 is 1.60 bits per heavy atom. The second kappa shape index (κ2) is 3.79. The summed E-state index contributed by atoms with van der Waals surface area (Å²) < 4.78 is 10.6. The van der Waals surface area contributed by atoms with Gasteiger partial charge in [0, 0.05) is 20.1 Å². The maximum absolute atomic E-state index is 11.4. The first-order valence-corrected chi connectivity index (χ1v) is 4.88. The van der Waals surface area contributed by atoms with Crippen molar-refractivity contribution >= 4 is 11.9 Å². The summed E-state index contributed by atoms with van der Waals surface area (Å²) in [4.78, 5) is 23.9. The van der Waals surface area contributed by atoms with Crippen molar-refractivity contribution in [2.75, 3.05) is 33.4 Å². The lowest BCUT2D eigenvalue weighted by molar-refractivity contribution is -0.128. The molecule has 0 aromatic carbocycles. The molecule has 2 aliphatic rings. The number of nitrogens with zero attached hydrogens (tertiary/aromatic N) is 1. The highest BCUT2D eigenvalue weighted by molar-refractivity contribution is 6.02. The minimum absolute atomic E-state index is 0.0828. The summed E-state index contributed by atoms with van der Waals surface area (Å²) in [5, 5.41) is 2.48. The fourth-order valence-corrected chi connectivity index (χ4v) is 1.84. The number of nitrogens with one attached hydrogen (secondary N) is 1. The van der Waals surface area contributed by atoms with Crippen LogP contribution < -0.4 is 5.32 Å². The Morgan fingerprint density at radius 2 is 2.40 bits per heavy atom. The molecular formula is C9H14N2O4. The number of carbonyl (C=O) groups is 2. The fraction of sp³-hybridized carbons (Fsp3) is 0.778. The number of methoxy groups -OCH3 is 1. The average molecular weight is 214 g/mol. The molecule has 0 saturated carbocycles. The van der Waals surface area contributed by atoms with Crippen molar-refractivity contribution < 1.29 is 19.1 Å². The van der Waals surface area contributed by atoms with Gasteiger partial charge in [-0.05, 0) is 0 Å². The second-order valence-electron chi connectivity index (χ2n) is 3.83. The van der Waals surface area contributed by atoms with E-state index in [1.165, 1.54) is 4.90 Å². The van der Waals surface area contributed by atoms with Crippen LogP contribution in [0, 0.1) is 0 Å². The third-order valence-corrected chi connectivity index (χ3v) is 2.88. The average Bonchev–Trinajstić information content (AvgIpc) is 2.81. The summed E-state index contributed by atoms with van der Waals surface area (Å²) in [5.41, 5.74) is -0.517. The Labute approximate surface area is 87.5 Å². The Kier molecular flexibility index (Phi) is 2.62. The normalized spacial score (nSPS) is 31.1. The summed E-state index contributed by atoms with van der Waals surface area (Å²) in [6.45, 7) is 1.39. The quantitative estimate of drug-likeness (QED) is 0.633. The minimum atomic E-state index is -0.517. The Bertz CT molecular complexity index is 270. The first-order chi connectivity index (χ1) is 7.17. The molecule has 15 heavy (non-hydrogen) atoms. The Hall–Kier alpha value is -1.14. The summed E-state index contributed by atoms with van der Waals surface area (Å²) in [6, 6.07) is -0.344. The fourth-order valence-electron chi connectivity index (χ4n) is 1.84. The van der Waals surface area contributed by atoms with E-state index in [1.807, 2.05) is 0 Å². The van der Waals surface area contributed by atoms with E-state index in [0.29, 0.717) is 19.6 Å². The van der Waals surface area contributed by atoms with Crippen molar-refractivity contribution in [1.29, 1.82) is 0 Å². The number of hydrogen-bond acceptors (Lipinski definition) is 4. The van der Waals surface area contributed by atoms with Crippen LogP contribution >= 0.6 is 0 Å². The molecule has 2 rings (SSSR count). The zero-order chi connectivity index (χ0) is 10.9. The van der Waals surface area contributed by atoms with Crippen LogP contribution in [0.25, 0.3) is 0 Å². The lowest BCUT2D eigenvalue weighted by Gasteiger charge is -2.29. The van der Waals surface area contributed by atoms with E-state index in [-0.39, 0.29) is 25.0 Å². The van der Waals surface area contributed by atoms with Gasteiger partial charge in [-0.25, -0.2) is 4.79 Å². The minimum Gasteiger partial charge on any atom is -0.378 e. The second-order valence-corrected chi connectivity index (χ2v) is 3.83. The molecule has 1 unspecified atom stereocenters. The smallest absolute Gasteiger partial charge is 0.324 e. The molecule has 1 atom stereocenters. The molecule has 2 aliphatic heterocycles. The first kappa shape index (κ1) is 10.4. The van der Waals surface area contributed by atoms with E-state index in [2.05, 4.69) is 5.32 Å². The monoisotopic (exact) mass is 214 g/mol. The molecule has 0 aliphatic carbocycles. The molecule has 0 aromatic heterocycles. The van der Waals surface area contributed by atoms with Gasteiger partial charge in [-0.3, -0.25) is 9.69 Å². The highest BCUT2D eigenvalue weighted by Crippen LogP contribution is 2.24. The van der Waals surface area contributed by atoms with Gasteiger partial charge in [0.15, 0.2) is 0 Å². The summed E-state index contributed by atoms with van der Waals surface area (Å²) >= 11 is 0. The number of hydrogen-bond donors (Lipinski definition) is 1. The van der Waals surface area contributed by atoms with Crippen LogP contribution in [0.2, 0.25) is 0 Å². The first-order valence-electron chi connectivity index (χ1n) is 4.88. The number of amides is 3. The zero-order valence-corrected chi connectivity index (χ0v) is 8.62. The molecule has 6 heteroatoms. The van der Waals surface area contributed by atoms with Gasteiger partial charge in [0.1, 0.15) is 5.60 Å². The lowest BCUT2D eigenvalue weighted by Crippen LogP contribution is -2.47. The van der Waals surface area contributed by atoms with E-state index >= 15 is 0 Å². The van der Waals surface area contributed by atoms with Crippen LogP contribution in [0.4, 0.5) is 4.79 Å². The van der Waals surface area contributed by atoms with Gasteiger partial charge in [0.25, 0.3) is 0 Å². The summed E-state index contributed by atoms with van der Waals surface area (Å²) in [6.07, 6.45) is 0.709. The maximum atomic E-state index is 11.4. The van der Waals surface area contributed by atoms with Crippen LogP contribution in [0.5, 0.6) is 0 Å². The van der Waals surface area contributed by atoms with E-state index in [4.69, 9.17) is 9.47 Å². The largest absolute Gasteiger partial charge is 0.378 e. The molecule has 0 spiro atoms. The van der Waals surface area contributed by atoms with Crippen molar-refractivity contribution in [3.63, 3.8) is 0 Å². The van der Waals surface area contributed by atoms with E-state index in [1.54, 1.807) is 7.11 Å². The summed E-state index contributed by atoms with van der Waals surface area (Å²) in [7, 11) is 1.58. The van der Waals surface area contributed by atoms with Crippen LogP contribution in [-0.4, -0.2) is 55.9 Å². The molecule has 0 radical (unpaired) electrons. The van der Waals surface area contributed by atoms with Gasteiger partial charge in [0.05, 0.1) is 19.7 Å². The molecule has 84 valence electrons. The van der Waals surface area contributed by atoms with Crippen molar-refractivity contribution in [3.05, 3.63) is 0 Å². The molecule has 0 aromatic rings. The number of imide groups is 1. The number of ether oxygens (including phenoxy) is 2.